The predicted octanol–water partition coefficient (Wildman–Crippen LogP) is 4.96. The van der Waals surface area contributed by atoms with Gasteiger partial charge in [0.25, 0.3) is 0 Å². The second kappa shape index (κ2) is 7.20. The van der Waals surface area contributed by atoms with E-state index in [4.69, 9.17) is 23.2 Å². The molecule has 24 heavy (non-hydrogen) atoms. The zero-order chi connectivity index (χ0) is 17.1. The Balaban J connectivity index is 1.78. The highest BCUT2D eigenvalue weighted by atomic mass is 35.5. The molecule has 0 radical (unpaired) electrons. The SMILES string of the molecule is CC(C(=O)NCc1cccc(Cl)c1Cl)c1cccc2cnccc12. The molecule has 1 heterocycles. The van der Waals surface area contributed by atoms with Crippen molar-refractivity contribution in [2.24, 2.45) is 0 Å². The number of pyridine rings is 1. The van der Waals surface area contributed by atoms with Crippen molar-refractivity contribution in [3.8, 4) is 0 Å². The molecule has 0 fully saturated rings. The molecule has 0 aliphatic carbocycles. The minimum atomic E-state index is -0.283. The maximum Gasteiger partial charge on any atom is 0.227 e. The van der Waals surface area contributed by atoms with Gasteiger partial charge in [-0.1, -0.05) is 53.5 Å². The van der Waals surface area contributed by atoms with Crippen molar-refractivity contribution in [1.29, 1.82) is 0 Å². The van der Waals surface area contributed by atoms with Crippen molar-refractivity contribution in [3.63, 3.8) is 0 Å². The number of halogens is 2. The van der Waals surface area contributed by atoms with E-state index in [2.05, 4.69) is 10.3 Å². The number of aromatic nitrogens is 1. The summed E-state index contributed by atoms with van der Waals surface area (Å²) >= 11 is 12.2. The molecular formula is C19H16Cl2N2O. The largest absolute Gasteiger partial charge is 0.351 e. The van der Waals surface area contributed by atoms with E-state index in [1.54, 1.807) is 18.5 Å². The maximum atomic E-state index is 12.6. The molecule has 0 bridgehead atoms. The van der Waals surface area contributed by atoms with Gasteiger partial charge in [-0.25, -0.2) is 0 Å². The van der Waals surface area contributed by atoms with Gasteiger partial charge in [-0.2, -0.15) is 0 Å². The van der Waals surface area contributed by atoms with Crippen LogP contribution in [0.1, 0.15) is 24.0 Å². The lowest BCUT2D eigenvalue weighted by molar-refractivity contribution is -0.122. The van der Waals surface area contributed by atoms with Crippen LogP contribution in [0.2, 0.25) is 10.0 Å². The van der Waals surface area contributed by atoms with Gasteiger partial charge < -0.3 is 5.32 Å². The molecule has 1 aromatic heterocycles. The van der Waals surface area contributed by atoms with Gasteiger partial charge in [-0.15, -0.1) is 0 Å². The molecule has 0 spiro atoms. The molecule has 0 saturated heterocycles. The molecule has 1 atom stereocenters. The van der Waals surface area contributed by atoms with Crippen molar-refractivity contribution < 1.29 is 4.79 Å². The molecule has 2 aromatic carbocycles. The van der Waals surface area contributed by atoms with Crippen LogP contribution in [-0.2, 0) is 11.3 Å². The molecule has 5 heteroatoms. The lowest BCUT2D eigenvalue weighted by Crippen LogP contribution is -2.27. The van der Waals surface area contributed by atoms with E-state index in [1.165, 1.54) is 0 Å². The molecule has 1 unspecified atom stereocenters. The first-order chi connectivity index (χ1) is 11.6. The van der Waals surface area contributed by atoms with Crippen molar-refractivity contribution in [3.05, 3.63) is 76.0 Å². The van der Waals surface area contributed by atoms with Gasteiger partial charge in [0.15, 0.2) is 0 Å². The second-order valence-corrected chi connectivity index (χ2v) is 6.38. The normalized spacial score (nSPS) is 12.1. The van der Waals surface area contributed by atoms with E-state index >= 15 is 0 Å². The standard InChI is InChI=1S/C19H16Cl2N2O/c1-12(15-6-2-4-13-10-22-9-8-16(13)15)19(24)23-11-14-5-3-7-17(20)18(14)21/h2-10,12H,11H2,1H3,(H,23,24). The van der Waals surface area contributed by atoms with E-state index in [1.807, 2.05) is 43.3 Å². The Hall–Kier alpha value is -2.10. The average Bonchev–Trinajstić information content (AvgIpc) is 2.61. The molecule has 1 N–H and O–H groups in total. The summed E-state index contributed by atoms with van der Waals surface area (Å²) in [7, 11) is 0. The first kappa shape index (κ1) is 16.7. The lowest BCUT2D eigenvalue weighted by Gasteiger charge is -2.15. The van der Waals surface area contributed by atoms with Gasteiger partial charge in [0.1, 0.15) is 0 Å². The first-order valence-electron chi connectivity index (χ1n) is 7.61. The Morgan fingerprint density at radius 2 is 1.96 bits per heavy atom. The van der Waals surface area contributed by atoms with Crippen LogP contribution < -0.4 is 5.32 Å². The van der Waals surface area contributed by atoms with Gasteiger partial charge in [-0.05, 0) is 35.6 Å². The Morgan fingerprint density at radius 3 is 2.79 bits per heavy atom. The highest BCUT2D eigenvalue weighted by Crippen LogP contribution is 2.27. The molecule has 122 valence electrons. The van der Waals surface area contributed by atoms with Crippen LogP contribution in [0.25, 0.3) is 10.8 Å². The molecule has 0 aliphatic rings. The highest BCUT2D eigenvalue weighted by molar-refractivity contribution is 6.42. The fourth-order valence-corrected chi connectivity index (χ4v) is 3.07. The number of nitrogens with zero attached hydrogens (tertiary/aromatic N) is 1. The third kappa shape index (κ3) is 3.37. The number of amides is 1. The lowest BCUT2D eigenvalue weighted by atomic mass is 9.95. The van der Waals surface area contributed by atoms with Crippen molar-refractivity contribution in [2.75, 3.05) is 0 Å². The fraction of sp³-hybridized carbons (Fsp3) is 0.158. The first-order valence-corrected chi connectivity index (χ1v) is 8.36. The molecule has 3 aromatic rings. The summed E-state index contributed by atoms with van der Waals surface area (Å²) < 4.78 is 0. The van der Waals surface area contributed by atoms with Crippen LogP contribution in [0.3, 0.4) is 0 Å². The highest BCUT2D eigenvalue weighted by Gasteiger charge is 2.17. The quantitative estimate of drug-likeness (QED) is 0.715. The van der Waals surface area contributed by atoms with E-state index in [0.29, 0.717) is 16.6 Å². The van der Waals surface area contributed by atoms with Crippen molar-refractivity contribution in [1.82, 2.24) is 10.3 Å². The summed E-state index contributed by atoms with van der Waals surface area (Å²) in [5.74, 6) is -0.343. The smallest absolute Gasteiger partial charge is 0.227 e. The number of fused-ring (bicyclic) bond motifs is 1. The van der Waals surface area contributed by atoms with Crippen LogP contribution in [0, 0.1) is 0 Å². The minimum Gasteiger partial charge on any atom is -0.351 e. The van der Waals surface area contributed by atoms with Gasteiger partial charge in [0, 0.05) is 24.3 Å². The number of carbonyl (C=O) groups excluding carboxylic acids is 1. The summed E-state index contributed by atoms with van der Waals surface area (Å²) in [6, 6.07) is 13.2. The topological polar surface area (TPSA) is 42.0 Å². The summed E-state index contributed by atoms with van der Waals surface area (Å²) in [5.41, 5.74) is 1.77. The molecule has 0 saturated carbocycles. The zero-order valence-corrected chi connectivity index (χ0v) is 14.6. The van der Waals surface area contributed by atoms with Gasteiger partial charge in [0.2, 0.25) is 5.91 Å². The van der Waals surface area contributed by atoms with Crippen LogP contribution in [0.15, 0.2) is 54.9 Å². The van der Waals surface area contributed by atoms with Crippen molar-refractivity contribution >= 4 is 39.9 Å². The number of carbonyl (C=O) groups is 1. The summed E-state index contributed by atoms with van der Waals surface area (Å²) in [6.45, 7) is 2.24. The molecular weight excluding hydrogens is 343 g/mol. The number of nitrogens with one attached hydrogen (secondary N) is 1. The van der Waals surface area contributed by atoms with Gasteiger partial charge in [0.05, 0.1) is 16.0 Å². The maximum absolute atomic E-state index is 12.6. The Morgan fingerprint density at radius 1 is 1.17 bits per heavy atom. The number of hydrogen-bond donors (Lipinski definition) is 1. The number of hydrogen-bond acceptors (Lipinski definition) is 2. The zero-order valence-electron chi connectivity index (χ0n) is 13.1. The average molecular weight is 359 g/mol. The van der Waals surface area contributed by atoms with E-state index in [9.17, 15) is 4.79 Å². The van der Waals surface area contributed by atoms with E-state index < -0.39 is 0 Å². The van der Waals surface area contributed by atoms with Gasteiger partial charge in [-0.3, -0.25) is 9.78 Å². The van der Waals surface area contributed by atoms with Gasteiger partial charge >= 0.3 is 0 Å². The number of benzene rings is 2. The third-order valence-corrected chi connectivity index (χ3v) is 4.92. The second-order valence-electron chi connectivity index (χ2n) is 5.60. The Kier molecular flexibility index (Phi) is 5.03. The Bertz CT molecular complexity index is 890. The van der Waals surface area contributed by atoms with Crippen LogP contribution in [-0.4, -0.2) is 10.9 Å². The number of rotatable bonds is 4. The molecule has 3 rings (SSSR count). The summed E-state index contributed by atoms with van der Waals surface area (Å²) in [6.07, 6.45) is 3.54. The van der Waals surface area contributed by atoms with Crippen LogP contribution in [0.5, 0.6) is 0 Å². The molecule has 0 aliphatic heterocycles. The molecule has 3 nitrogen and oxygen atoms in total. The summed E-state index contributed by atoms with van der Waals surface area (Å²) in [5, 5.41) is 5.95. The van der Waals surface area contributed by atoms with Crippen LogP contribution in [0.4, 0.5) is 0 Å². The van der Waals surface area contributed by atoms with E-state index in [0.717, 1.165) is 21.9 Å². The fourth-order valence-electron chi connectivity index (χ4n) is 2.69. The van der Waals surface area contributed by atoms with Crippen LogP contribution >= 0.6 is 23.2 Å². The Labute approximate surface area is 150 Å². The monoisotopic (exact) mass is 358 g/mol. The minimum absolute atomic E-state index is 0.0599. The van der Waals surface area contributed by atoms with E-state index in [-0.39, 0.29) is 11.8 Å². The third-order valence-electron chi connectivity index (χ3n) is 4.06. The van der Waals surface area contributed by atoms with Crippen molar-refractivity contribution in [2.45, 2.75) is 19.4 Å². The summed E-state index contributed by atoms with van der Waals surface area (Å²) in [4.78, 5) is 16.7. The molecule has 1 amide bonds. The predicted molar refractivity (Wildman–Crippen MR) is 98.5 cm³/mol.